The summed E-state index contributed by atoms with van der Waals surface area (Å²) in [5.41, 5.74) is 2.27. The molecule has 0 amide bonds. The van der Waals surface area contributed by atoms with Crippen LogP contribution in [0.5, 0.6) is 17.2 Å². The van der Waals surface area contributed by atoms with Crippen molar-refractivity contribution in [3.05, 3.63) is 48.0 Å². The van der Waals surface area contributed by atoms with Crippen LogP contribution in [0.2, 0.25) is 0 Å². The Morgan fingerprint density at radius 3 is 2.39 bits per heavy atom. The number of rotatable bonds is 7. The van der Waals surface area contributed by atoms with Crippen molar-refractivity contribution >= 4 is 11.6 Å². The quantitative estimate of drug-likeness (QED) is 0.421. The minimum atomic E-state index is 0.202. The van der Waals surface area contributed by atoms with Gasteiger partial charge in [-0.15, -0.1) is 6.42 Å². The van der Waals surface area contributed by atoms with E-state index in [0.29, 0.717) is 18.0 Å². The molecule has 0 spiro atoms. The molecule has 1 aliphatic heterocycles. The maximum Gasteiger partial charge on any atom is 0.194 e. The molecular formula is C24H30N4O3. The summed E-state index contributed by atoms with van der Waals surface area (Å²) in [6, 6.07) is 14.0. The first-order valence-corrected chi connectivity index (χ1v) is 10.3. The largest absolute Gasteiger partial charge is 0.497 e. The van der Waals surface area contributed by atoms with Crippen LogP contribution in [0.3, 0.4) is 0 Å². The molecule has 0 saturated carbocycles. The molecule has 1 fully saturated rings. The van der Waals surface area contributed by atoms with Gasteiger partial charge in [0.15, 0.2) is 17.5 Å². The molecule has 0 bridgehead atoms. The number of hydrogen-bond acceptors (Lipinski definition) is 5. The Morgan fingerprint density at radius 2 is 1.77 bits per heavy atom. The molecule has 0 aromatic heterocycles. The van der Waals surface area contributed by atoms with Crippen LogP contribution in [0.25, 0.3) is 0 Å². The van der Waals surface area contributed by atoms with Crippen LogP contribution in [-0.2, 0) is 6.54 Å². The molecular weight excluding hydrogens is 392 g/mol. The molecule has 1 saturated heterocycles. The van der Waals surface area contributed by atoms with Crippen molar-refractivity contribution in [2.24, 2.45) is 4.99 Å². The summed E-state index contributed by atoms with van der Waals surface area (Å²) in [4.78, 5) is 9.12. The van der Waals surface area contributed by atoms with E-state index in [1.807, 2.05) is 37.4 Å². The lowest BCUT2D eigenvalue weighted by molar-refractivity contribution is 0.330. The lowest BCUT2D eigenvalue weighted by atomic mass is 10.2. The van der Waals surface area contributed by atoms with Crippen molar-refractivity contribution in [2.45, 2.75) is 6.54 Å². The third-order valence-electron chi connectivity index (χ3n) is 5.22. The summed E-state index contributed by atoms with van der Waals surface area (Å²) in [6.07, 6.45) is 5.31. The van der Waals surface area contributed by atoms with Gasteiger partial charge in [-0.05, 0) is 42.0 Å². The van der Waals surface area contributed by atoms with Crippen LogP contribution < -0.4 is 24.4 Å². The van der Waals surface area contributed by atoms with Gasteiger partial charge in [-0.2, -0.15) is 0 Å². The van der Waals surface area contributed by atoms with Crippen LogP contribution in [0.1, 0.15) is 5.56 Å². The molecule has 2 aromatic rings. The number of methoxy groups -OCH3 is 2. The van der Waals surface area contributed by atoms with Gasteiger partial charge in [-0.1, -0.05) is 12.0 Å². The summed E-state index contributed by atoms with van der Waals surface area (Å²) in [5, 5.41) is 3.45. The third-order valence-corrected chi connectivity index (χ3v) is 5.22. The van der Waals surface area contributed by atoms with E-state index >= 15 is 0 Å². The van der Waals surface area contributed by atoms with Crippen molar-refractivity contribution in [1.82, 2.24) is 10.2 Å². The van der Waals surface area contributed by atoms with E-state index in [9.17, 15) is 0 Å². The normalized spacial score (nSPS) is 14.1. The smallest absolute Gasteiger partial charge is 0.194 e. The van der Waals surface area contributed by atoms with Crippen molar-refractivity contribution in [3.8, 4) is 29.6 Å². The average molecular weight is 423 g/mol. The lowest BCUT2D eigenvalue weighted by Crippen LogP contribution is -2.52. The second-order valence-corrected chi connectivity index (χ2v) is 7.05. The van der Waals surface area contributed by atoms with Gasteiger partial charge < -0.3 is 29.3 Å². The second-order valence-electron chi connectivity index (χ2n) is 7.05. The molecule has 164 valence electrons. The minimum absolute atomic E-state index is 0.202. The molecule has 7 heteroatoms. The zero-order chi connectivity index (χ0) is 22.1. The summed E-state index contributed by atoms with van der Waals surface area (Å²) in [7, 11) is 5.11. The Labute approximate surface area is 184 Å². The van der Waals surface area contributed by atoms with Crippen molar-refractivity contribution in [2.75, 3.05) is 59.0 Å². The first-order chi connectivity index (χ1) is 15.2. The number of guanidine groups is 1. The van der Waals surface area contributed by atoms with Gasteiger partial charge >= 0.3 is 0 Å². The molecule has 0 atom stereocenters. The van der Waals surface area contributed by atoms with E-state index in [1.165, 1.54) is 5.69 Å². The summed E-state index contributed by atoms with van der Waals surface area (Å²) < 4.78 is 16.2. The summed E-state index contributed by atoms with van der Waals surface area (Å²) >= 11 is 0. The van der Waals surface area contributed by atoms with Gasteiger partial charge in [-0.25, -0.2) is 0 Å². The molecule has 0 radical (unpaired) electrons. The molecule has 2 aromatic carbocycles. The maximum atomic E-state index is 5.59. The van der Waals surface area contributed by atoms with E-state index in [-0.39, 0.29) is 6.61 Å². The number of nitrogens with zero attached hydrogens (tertiary/aromatic N) is 3. The number of nitrogens with one attached hydrogen (secondary N) is 1. The van der Waals surface area contributed by atoms with Crippen LogP contribution in [-0.4, -0.2) is 64.9 Å². The Kier molecular flexibility index (Phi) is 7.88. The van der Waals surface area contributed by atoms with E-state index in [0.717, 1.165) is 43.5 Å². The highest BCUT2D eigenvalue weighted by molar-refractivity contribution is 5.80. The van der Waals surface area contributed by atoms with Crippen LogP contribution >= 0.6 is 0 Å². The monoisotopic (exact) mass is 422 g/mol. The predicted molar refractivity (Wildman–Crippen MR) is 124 cm³/mol. The fraction of sp³-hybridized carbons (Fsp3) is 0.375. The van der Waals surface area contributed by atoms with Crippen LogP contribution in [0.4, 0.5) is 5.69 Å². The Morgan fingerprint density at radius 1 is 1.03 bits per heavy atom. The number of aliphatic imine (C=N–C) groups is 1. The topological polar surface area (TPSA) is 58.6 Å². The first-order valence-electron chi connectivity index (χ1n) is 10.3. The molecule has 0 unspecified atom stereocenters. The molecule has 3 rings (SSSR count). The molecule has 0 aliphatic carbocycles. The van der Waals surface area contributed by atoms with Crippen LogP contribution in [0, 0.1) is 12.3 Å². The Balaban J connectivity index is 1.55. The second kappa shape index (κ2) is 11.0. The van der Waals surface area contributed by atoms with E-state index in [1.54, 1.807) is 14.2 Å². The predicted octanol–water partition coefficient (Wildman–Crippen LogP) is 2.61. The molecule has 7 nitrogen and oxygen atoms in total. The van der Waals surface area contributed by atoms with Gasteiger partial charge in [0.25, 0.3) is 0 Å². The lowest BCUT2D eigenvalue weighted by Gasteiger charge is -2.37. The van der Waals surface area contributed by atoms with Crippen molar-refractivity contribution < 1.29 is 14.2 Å². The number of hydrogen-bond donors (Lipinski definition) is 1. The number of terminal acetylenes is 1. The molecule has 1 aliphatic rings. The molecule has 1 N–H and O–H groups in total. The molecule has 31 heavy (non-hydrogen) atoms. The molecule has 1 heterocycles. The fourth-order valence-corrected chi connectivity index (χ4v) is 3.55. The number of ether oxygens (including phenoxy) is 3. The van der Waals surface area contributed by atoms with Crippen LogP contribution in [0.15, 0.2) is 47.5 Å². The van der Waals surface area contributed by atoms with E-state index in [2.05, 4.69) is 38.2 Å². The Hall–Kier alpha value is -3.53. The SMILES string of the molecule is C#CCOc1cc(CNC(=NC)N2CCN(c3ccc(OC)cc3)CC2)ccc1OC. The van der Waals surface area contributed by atoms with Gasteiger partial charge in [0.2, 0.25) is 0 Å². The van der Waals surface area contributed by atoms with E-state index in [4.69, 9.17) is 20.6 Å². The summed E-state index contributed by atoms with van der Waals surface area (Å²) in [6.45, 7) is 4.48. The highest BCUT2D eigenvalue weighted by atomic mass is 16.5. The van der Waals surface area contributed by atoms with Crippen molar-refractivity contribution in [1.29, 1.82) is 0 Å². The van der Waals surface area contributed by atoms with Gasteiger partial charge in [0, 0.05) is 45.5 Å². The highest BCUT2D eigenvalue weighted by Gasteiger charge is 2.20. The van der Waals surface area contributed by atoms with Crippen molar-refractivity contribution in [3.63, 3.8) is 0 Å². The van der Waals surface area contributed by atoms with Gasteiger partial charge in [0.05, 0.1) is 14.2 Å². The Bertz CT molecular complexity index is 913. The minimum Gasteiger partial charge on any atom is -0.497 e. The zero-order valence-electron chi connectivity index (χ0n) is 18.4. The van der Waals surface area contributed by atoms with Gasteiger partial charge in [0.1, 0.15) is 12.4 Å². The van der Waals surface area contributed by atoms with E-state index < -0.39 is 0 Å². The fourth-order valence-electron chi connectivity index (χ4n) is 3.55. The average Bonchev–Trinajstić information content (AvgIpc) is 2.83. The highest BCUT2D eigenvalue weighted by Crippen LogP contribution is 2.28. The standard InChI is InChI=1S/C24H30N4O3/c1-5-16-31-23-17-19(6-11-22(23)30-4)18-26-24(25-2)28-14-12-27(13-15-28)20-7-9-21(29-3)10-8-20/h1,6-11,17H,12-16,18H2,2-4H3,(H,25,26). The zero-order valence-corrected chi connectivity index (χ0v) is 18.4. The first kappa shape index (κ1) is 22.2. The van der Waals surface area contributed by atoms with Gasteiger partial charge in [-0.3, -0.25) is 4.99 Å². The number of anilines is 1. The third kappa shape index (κ3) is 5.76. The number of piperazine rings is 1. The maximum absolute atomic E-state index is 5.59. The number of benzene rings is 2. The summed E-state index contributed by atoms with van der Waals surface area (Å²) in [5.74, 6) is 5.55.